The number of furan rings is 1. The standard InChI is InChI=1S/C23H17N3O4/c27-21(11-12-26-23(29)18-7-2-1-6-17(18)22(28)25-26)24-14-9-10-16-15-5-3-4-8-19(15)30-20(16)13-14/h1-10,13H,11-12H2,(H,24,27)(H,25,28). The Hall–Kier alpha value is -4.13. The third-order valence-electron chi connectivity index (χ3n) is 5.11. The average molecular weight is 399 g/mol. The number of aryl methyl sites for hydroxylation is 1. The van der Waals surface area contributed by atoms with E-state index in [9.17, 15) is 14.4 Å². The summed E-state index contributed by atoms with van der Waals surface area (Å²) in [4.78, 5) is 37.1. The zero-order valence-corrected chi connectivity index (χ0v) is 15.8. The molecule has 0 aliphatic carbocycles. The lowest BCUT2D eigenvalue weighted by Gasteiger charge is -2.08. The zero-order valence-electron chi connectivity index (χ0n) is 15.8. The van der Waals surface area contributed by atoms with Crippen LogP contribution in [-0.2, 0) is 11.3 Å². The molecule has 30 heavy (non-hydrogen) atoms. The highest BCUT2D eigenvalue weighted by Gasteiger charge is 2.11. The minimum Gasteiger partial charge on any atom is -0.456 e. The Morgan fingerprint density at radius 2 is 1.57 bits per heavy atom. The number of anilines is 1. The van der Waals surface area contributed by atoms with Gasteiger partial charge in [-0.1, -0.05) is 30.3 Å². The lowest BCUT2D eigenvalue weighted by atomic mass is 10.1. The average Bonchev–Trinajstić information content (AvgIpc) is 3.13. The number of carbonyl (C=O) groups excluding carboxylic acids is 1. The number of fused-ring (bicyclic) bond motifs is 4. The molecule has 1 amide bonds. The van der Waals surface area contributed by atoms with Gasteiger partial charge in [-0.05, 0) is 30.3 Å². The number of H-pyrrole nitrogens is 1. The number of benzene rings is 3. The second-order valence-electron chi connectivity index (χ2n) is 7.05. The van der Waals surface area contributed by atoms with E-state index in [-0.39, 0.29) is 30.0 Å². The molecule has 0 radical (unpaired) electrons. The largest absolute Gasteiger partial charge is 0.456 e. The summed E-state index contributed by atoms with van der Waals surface area (Å²) >= 11 is 0. The molecule has 0 fully saturated rings. The van der Waals surface area contributed by atoms with Gasteiger partial charge < -0.3 is 9.73 Å². The second-order valence-corrected chi connectivity index (χ2v) is 7.05. The summed E-state index contributed by atoms with van der Waals surface area (Å²) in [6.45, 7) is 0.0671. The van der Waals surface area contributed by atoms with Crippen LogP contribution >= 0.6 is 0 Å². The number of aromatic nitrogens is 2. The SMILES string of the molecule is O=C(CCn1[nH]c(=O)c2ccccc2c1=O)Nc1ccc2c(c1)oc1ccccc12. The summed E-state index contributed by atoms with van der Waals surface area (Å²) in [6.07, 6.45) is 0.0341. The number of amides is 1. The first-order valence-corrected chi connectivity index (χ1v) is 9.53. The lowest BCUT2D eigenvalue weighted by Crippen LogP contribution is -2.31. The van der Waals surface area contributed by atoms with E-state index in [1.165, 1.54) is 4.68 Å². The molecular formula is C23H17N3O4. The Labute approximate surface area is 169 Å². The summed E-state index contributed by atoms with van der Waals surface area (Å²) in [5.74, 6) is -0.272. The van der Waals surface area contributed by atoms with E-state index in [4.69, 9.17) is 4.42 Å². The predicted octanol–water partition coefficient (Wildman–Crippen LogP) is 3.62. The number of hydrogen-bond acceptors (Lipinski definition) is 4. The van der Waals surface area contributed by atoms with Crippen LogP contribution in [-0.4, -0.2) is 15.7 Å². The number of nitrogens with zero attached hydrogens (tertiary/aromatic N) is 1. The summed E-state index contributed by atoms with van der Waals surface area (Å²) in [6, 6.07) is 19.8. The van der Waals surface area contributed by atoms with Gasteiger partial charge in [-0.25, -0.2) is 4.68 Å². The zero-order chi connectivity index (χ0) is 20.7. The molecule has 5 aromatic rings. The van der Waals surface area contributed by atoms with Crippen molar-refractivity contribution in [2.24, 2.45) is 0 Å². The van der Waals surface area contributed by atoms with Gasteiger partial charge in [-0.2, -0.15) is 0 Å². The number of para-hydroxylation sites is 1. The van der Waals surface area contributed by atoms with Crippen molar-refractivity contribution < 1.29 is 9.21 Å². The van der Waals surface area contributed by atoms with E-state index in [2.05, 4.69) is 10.4 Å². The molecule has 3 aromatic carbocycles. The molecule has 7 nitrogen and oxygen atoms in total. The van der Waals surface area contributed by atoms with Crippen LogP contribution in [0, 0.1) is 0 Å². The van der Waals surface area contributed by atoms with E-state index in [1.54, 1.807) is 30.3 Å². The maximum atomic E-state index is 12.5. The highest BCUT2D eigenvalue weighted by Crippen LogP contribution is 2.30. The van der Waals surface area contributed by atoms with Gasteiger partial charge in [0.05, 0.1) is 17.3 Å². The van der Waals surface area contributed by atoms with Crippen molar-refractivity contribution in [3.63, 3.8) is 0 Å². The van der Waals surface area contributed by atoms with Crippen LogP contribution in [0.15, 0.2) is 80.7 Å². The first kappa shape index (κ1) is 17.9. The normalized spacial score (nSPS) is 11.3. The fourth-order valence-electron chi connectivity index (χ4n) is 3.64. The van der Waals surface area contributed by atoms with Crippen molar-refractivity contribution in [2.45, 2.75) is 13.0 Å². The molecule has 0 bridgehead atoms. The molecular weight excluding hydrogens is 382 g/mol. The molecule has 0 saturated carbocycles. The number of rotatable bonds is 4. The molecule has 0 atom stereocenters. The first-order valence-electron chi connectivity index (χ1n) is 9.53. The molecule has 7 heteroatoms. The Balaban J connectivity index is 1.35. The number of aromatic amines is 1. The Bertz CT molecular complexity index is 1540. The van der Waals surface area contributed by atoms with Crippen molar-refractivity contribution >= 4 is 44.3 Å². The van der Waals surface area contributed by atoms with Crippen LogP contribution in [0.4, 0.5) is 5.69 Å². The van der Waals surface area contributed by atoms with Crippen molar-refractivity contribution in [1.29, 1.82) is 0 Å². The van der Waals surface area contributed by atoms with Gasteiger partial charge in [0.25, 0.3) is 11.1 Å². The molecule has 2 heterocycles. The molecule has 0 aliphatic rings. The fraction of sp³-hybridized carbons (Fsp3) is 0.0870. The van der Waals surface area contributed by atoms with E-state index < -0.39 is 0 Å². The Morgan fingerprint density at radius 3 is 2.40 bits per heavy atom. The third-order valence-corrected chi connectivity index (χ3v) is 5.11. The molecule has 5 rings (SSSR count). The third kappa shape index (κ3) is 3.06. The van der Waals surface area contributed by atoms with Gasteiger partial charge >= 0.3 is 0 Å². The van der Waals surface area contributed by atoms with Crippen molar-refractivity contribution in [2.75, 3.05) is 5.32 Å². The molecule has 0 saturated heterocycles. The van der Waals surface area contributed by atoms with Crippen LogP contribution in [0.1, 0.15) is 6.42 Å². The Kier molecular flexibility index (Phi) is 4.21. The molecule has 0 spiro atoms. The summed E-state index contributed by atoms with van der Waals surface area (Å²) < 4.78 is 7.01. The van der Waals surface area contributed by atoms with Crippen LogP contribution in [0.3, 0.4) is 0 Å². The van der Waals surface area contributed by atoms with Crippen LogP contribution < -0.4 is 16.4 Å². The maximum absolute atomic E-state index is 12.5. The number of hydrogen-bond donors (Lipinski definition) is 2. The minimum atomic E-state index is -0.360. The highest BCUT2D eigenvalue weighted by atomic mass is 16.3. The topological polar surface area (TPSA) is 97.1 Å². The van der Waals surface area contributed by atoms with Gasteiger partial charge in [0.1, 0.15) is 11.2 Å². The highest BCUT2D eigenvalue weighted by molar-refractivity contribution is 6.06. The van der Waals surface area contributed by atoms with E-state index in [0.717, 1.165) is 16.4 Å². The van der Waals surface area contributed by atoms with Crippen LogP contribution in [0.2, 0.25) is 0 Å². The second kappa shape index (κ2) is 7.04. The van der Waals surface area contributed by atoms with Gasteiger partial charge in [-0.3, -0.25) is 19.5 Å². The summed E-state index contributed by atoms with van der Waals surface area (Å²) in [5, 5.41) is 8.00. The summed E-state index contributed by atoms with van der Waals surface area (Å²) in [5.41, 5.74) is 1.38. The van der Waals surface area contributed by atoms with Gasteiger partial charge in [0.2, 0.25) is 5.91 Å². The summed E-state index contributed by atoms with van der Waals surface area (Å²) in [7, 11) is 0. The van der Waals surface area contributed by atoms with Crippen molar-refractivity contribution in [3.8, 4) is 0 Å². The molecule has 0 unspecified atom stereocenters. The molecule has 148 valence electrons. The van der Waals surface area contributed by atoms with Crippen molar-refractivity contribution in [1.82, 2.24) is 9.78 Å². The first-order chi connectivity index (χ1) is 14.6. The molecule has 0 aliphatic heterocycles. The van der Waals surface area contributed by atoms with E-state index in [1.807, 2.05) is 36.4 Å². The Morgan fingerprint density at radius 1 is 0.867 bits per heavy atom. The van der Waals surface area contributed by atoms with Gasteiger partial charge in [0.15, 0.2) is 0 Å². The van der Waals surface area contributed by atoms with Crippen LogP contribution in [0.5, 0.6) is 0 Å². The molecule has 2 aromatic heterocycles. The van der Waals surface area contributed by atoms with Crippen LogP contribution in [0.25, 0.3) is 32.7 Å². The van der Waals surface area contributed by atoms with Crippen molar-refractivity contribution in [3.05, 3.63) is 87.4 Å². The van der Waals surface area contributed by atoms with E-state index in [0.29, 0.717) is 22.0 Å². The quantitative estimate of drug-likeness (QED) is 0.482. The monoisotopic (exact) mass is 399 g/mol. The van der Waals surface area contributed by atoms with Gasteiger partial charge in [-0.15, -0.1) is 0 Å². The maximum Gasteiger partial charge on any atom is 0.273 e. The smallest absolute Gasteiger partial charge is 0.273 e. The van der Waals surface area contributed by atoms with Gasteiger partial charge in [0, 0.05) is 28.9 Å². The lowest BCUT2D eigenvalue weighted by molar-refractivity contribution is -0.116. The molecule has 2 N–H and O–H groups in total. The minimum absolute atomic E-state index is 0.0341. The fourth-order valence-corrected chi connectivity index (χ4v) is 3.64. The number of carbonyl (C=O) groups is 1. The van der Waals surface area contributed by atoms with E-state index >= 15 is 0 Å². The predicted molar refractivity (Wildman–Crippen MR) is 116 cm³/mol. The number of nitrogens with one attached hydrogen (secondary N) is 2.